The van der Waals surface area contributed by atoms with E-state index in [1.807, 2.05) is 25.9 Å². The molecule has 0 saturated carbocycles. The summed E-state index contributed by atoms with van der Waals surface area (Å²) in [5.41, 5.74) is -0.449. The van der Waals surface area contributed by atoms with Gasteiger partial charge in [0.2, 0.25) is 0 Å². The van der Waals surface area contributed by atoms with Gasteiger partial charge >= 0.3 is 6.09 Å². The summed E-state index contributed by atoms with van der Waals surface area (Å²) < 4.78 is 34.3. The summed E-state index contributed by atoms with van der Waals surface area (Å²) >= 11 is 0. The van der Waals surface area contributed by atoms with Gasteiger partial charge in [-0.2, -0.15) is 0 Å². The fourth-order valence-electron chi connectivity index (χ4n) is 2.83. The van der Waals surface area contributed by atoms with Crippen molar-refractivity contribution in [3.05, 3.63) is 29.3 Å². The standard InChI is InChI=1S/C19H27F2N3O3/c1-11(23(5)6)12-9-13(20)16(14(21)10-12)24-8-7-15(17(24)25)27-18(26)22-19(2,3)4/h9-11,15H,7-8H2,1-6H3,(H,22,26)/t11-,15+/m1/s1. The number of alkyl carbamates (subject to hydrolysis) is 1. The lowest BCUT2D eigenvalue weighted by Crippen LogP contribution is -2.43. The number of carbonyl (C=O) groups is 2. The first-order valence-corrected chi connectivity index (χ1v) is 8.86. The fraction of sp³-hybridized carbons (Fsp3) is 0.579. The maximum atomic E-state index is 14.6. The predicted molar refractivity (Wildman–Crippen MR) is 98.6 cm³/mol. The summed E-state index contributed by atoms with van der Waals surface area (Å²) in [5.74, 6) is -2.26. The molecule has 1 saturated heterocycles. The van der Waals surface area contributed by atoms with E-state index in [0.29, 0.717) is 5.56 Å². The van der Waals surface area contributed by atoms with Crippen LogP contribution in [0.4, 0.5) is 19.3 Å². The molecule has 1 aliphatic rings. The number of hydrogen-bond donors (Lipinski definition) is 1. The number of benzene rings is 1. The molecule has 1 N–H and O–H groups in total. The smallest absolute Gasteiger partial charge is 0.408 e. The minimum atomic E-state index is -1.06. The molecule has 2 atom stereocenters. The second-order valence-corrected chi connectivity index (χ2v) is 8.02. The number of nitrogens with zero attached hydrogens (tertiary/aromatic N) is 2. The Morgan fingerprint density at radius 2 is 1.85 bits per heavy atom. The summed E-state index contributed by atoms with van der Waals surface area (Å²) in [5, 5.41) is 2.59. The van der Waals surface area contributed by atoms with Crippen LogP contribution >= 0.6 is 0 Å². The maximum Gasteiger partial charge on any atom is 0.408 e. The van der Waals surface area contributed by atoms with Crippen molar-refractivity contribution in [2.45, 2.75) is 51.8 Å². The van der Waals surface area contributed by atoms with Gasteiger partial charge in [0, 0.05) is 24.5 Å². The molecule has 27 heavy (non-hydrogen) atoms. The summed E-state index contributed by atoms with van der Waals surface area (Å²) in [6.45, 7) is 7.23. The molecule has 8 heteroatoms. The van der Waals surface area contributed by atoms with Gasteiger partial charge in [-0.1, -0.05) is 0 Å². The highest BCUT2D eigenvalue weighted by Crippen LogP contribution is 2.32. The Balaban J connectivity index is 2.18. The Bertz CT molecular complexity index is 708. The molecule has 1 aromatic carbocycles. The van der Waals surface area contributed by atoms with E-state index in [9.17, 15) is 18.4 Å². The van der Waals surface area contributed by atoms with Gasteiger partial charge in [0.15, 0.2) is 6.10 Å². The average Bonchev–Trinajstić information content (AvgIpc) is 2.85. The fourth-order valence-corrected chi connectivity index (χ4v) is 2.83. The van der Waals surface area contributed by atoms with Crippen LogP contribution in [0.5, 0.6) is 0 Å². The van der Waals surface area contributed by atoms with Crippen LogP contribution in [0, 0.1) is 11.6 Å². The second-order valence-electron chi connectivity index (χ2n) is 8.02. The molecule has 0 aliphatic carbocycles. The third kappa shape index (κ3) is 4.94. The van der Waals surface area contributed by atoms with Crippen molar-refractivity contribution < 1.29 is 23.1 Å². The highest BCUT2D eigenvalue weighted by Gasteiger charge is 2.38. The van der Waals surface area contributed by atoms with Crippen molar-refractivity contribution in [3.8, 4) is 0 Å². The van der Waals surface area contributed by atoms with Gasteiger partial charge in [-0.15, -0.1) is 0 Å². The van der Waals surface area contributed by atoms with Gasteiger partial charge in [-0.25, -0.2) is 13.6 Å². The molecule has 6 nitrogen and oxygen atoms in total. The van der Waals surface area contributed by atoms with Gasteiger partial charge in [-0.3, -0.25) is 4.79 Å². The third-order valence-electron chi connectivity index (χ3n) is 4.45. The number of amides is 2. The van der Waals surface area contributed by atoms with Gasteiger partial charge < -0.3 is 19.9 Å². The molecule has 0 radical (unpaired) electrons. The molecule has 0 unspecified atom stereocenters. The Morgan fingerprint density at radius 3 is 2.33 bits per heavy atom. The average molecular weight is 383 g/mol. The molecule has 2 amide bonds. The van der Waals surface area contributed by atoms with Crippen LogP contribution in [0.1, 0.15) is 45.7 Å². The van der Waals surface area contributed by atoms with Crippen LogP contribution in [0.3, 0.4) is 0 Å². The molecular weight excluding hydrogens is 356 g/mol. The second kappa shape index (κ2) is 7.80. The van der Waals surface area contributed by atoms with E-state index in [4.69, 9.17) is 4.74 Å². The van der Waals surface area contributed by atoms with Gasteiger partial charge in [0.25, 0.3) is 5.91 Å². The molecule has 0 bridgehead atoms. The van der Waals surface area contributed by atoms with Gasteiger partial charge in [0.05, 0.1) is 0 Å². The Hall–Kier alpha value is -2.22. The number of rotatable bonds is 4. The van der Waals surface area contributed by atoms with E-state index in [1.54, 1.807) is 20.8 Å². The lowest BCUT2D eigenvalue weighted by Gasteiger charge is -2.23. The first-order valence-electron chi connectivity index (χ1n) is 8.86. The summed E-state index contributed by atoms with van der Waals surface area (Å²) in [7, 11) is 3.62. The lowest BCUT2D eigenvalue weighted by atomic mass is 10.1. The van der Waals surface area contributed by atoms with Crippen molar-refractivity contribution in [2.24, 2.45) is 0 Å². The monoisotopic (exact) mass is 383 g/mol. The highest BCUT2D eigenvalue weighted by atomic mass is 19.1. The van der Waals surface area contributed by atoms with E-state index in [0.717, 1.165) is 4.90 Å². The molecule has 0 aromatic heterocycles. The number of hydrogen-bond acceptors (Lipinski definition) is 4. The Kier molecular flexibility index (Phi) is 6.09. The third-order valence-corrected chi connectivity index (χ3v) is 4.45. The molecule has 150 valence electrons. The maximum absolute atomic E-state index is 14.6. The van der Waals surface area contributed by atoms with Crippen LogP contribution < -0.4 is 10.2 Å². The summed E-state index contributed by atoms with van der Waals surface area (Å²) in [6, 6.07) is 2.28. The zero-order valence-electron chi connectivity index (χ0n) is 16.6. The number of ether oxygens (including phenoxy) is 1. The Morgan fingerprint density at radius 1 is 1.30 bits per heavy atom. The number of anilines is 1. The van der Waals surface area contributed by atoms with Crippen LogP contribution in [0.15, 0.2) is 12.1 Å². The van der Waals surface area contributed by atoms with E-state index >= 15 is 0 Å². The van der Waals surface area contributed by atoms with E-state index in [1.165, 1.54) is 12.1 Å². The van der Waals surface area contributed by atoms with E-state index in [2.05, 4.69) is 5.32 Å². The Labute approximate surface area is 158 Å². The highest BCUT2D eigenvalue weighted by molar-refractivity contribution is 6.00. The minimum absolute atomic E-state index is 0.0721. The molecule has 1 fully saturated rings. The van der Waals surface area contributed by atoms with Crippen LogP contribution in [-0.4, -0.2) is 49.2 Å². The number of halogens is 2. The summed E-state index contributed by atoms with van der Waals surface area (Å²) in [4.78, 5) is 27.2. The van der Waals surface area contributed by atoms with Crippen LogP contribution in [0.25, 0.3) is 0 Å². The molecule has 1 aliphatic heterocycles. The first-order chi connectivity index (χ1) is 12.4. The van der Waals surface area contributed by atoms with Crippen molar-refractivity contribution in [1.29, 1.82) is 0 Å². The van der Waals surface area contributed by atoms with Crippen molar-refractivity contribution >= 4 is 17.7 Å². The quantitative estimate of drug-likeness (QED) is 0.867. The van der Waals surface area contributed by atoms with E-state index in [-0.39, 0.29) is 19.0 Å². The van der Waals surface area contributed by atoms with E-state index < -0.39 is 41.0 Å². The minimum Gasteiger partial charge on any atom is -0.436 e. The van der Waals surface area contributed by atoms with Gasteiger partial charge in [0.1, 0.15) is 17.3 Å². The van der Waals surface area contributed by atoms with Gasteiger partial charge in [-0.05, 0) is 59.5 Å². The summed E-state index contributed by atoms with van der Waals surface area (Å²) in [6.07, 6.45) is -1.63. The predicted octanol–water partition coefficient (Wildman–Crippen LogP) is 3.22. The molecule has 2 rings (SSSR count). The normalized spacial score (nSPS) is 18.8. The molecular formula is C19H27F2N3O3. The van der Waals surface area contributed by atoms with Crippen molar-refractivity contribution in [3.63, 3.8) is 0 Å². The molecule has 1 heterocycles. The molecule has 1 aromatic rings. The topological polar surface area (TPSA) is 61.9 Å². The lowest BCUT2D eigenvalue weighted by molar-refractivity contribution is -0.124. The van der Waals surface area contributed by atoms with Crippen LogP contribution in [0.2, 0.25) is 0 Å². The SMILES string of the molecule is C[C@H](c1cc(F)c(N2CC[C@H](OC(=O)NC(C)(C)C)C2=O)c(F)c1)N(C)C. The largest absolute Gasteiger partial charge is 0.436 e. The van der Waals surface area contributed by atoms with Crippen molar-refractivity contribution in [2.75, 3.05) is 25.5 Å². The number of carbonyl (C=O) groups excluding carboxylic acids is 2. The zero-order chi connectivity index (χ0) is 20.5. The van der Waals surface area contributed by atoms with Crippen LogP contribution in [-0.2, 0) is 9.53 Å². The zero-order valence-corrected chi connectivity index (χ0v) is 16.6. The number of nitrogens with one attached hydrogen (secondary N) is 1. The molecule has 0 spiro atoms. The van der Waals surface area contributed by atoms with Crippen molar-refractivity contribution in [1.82, 2.24) is 10.2 Å². The first kappa shape index (κ1) is 21.1.